The van der Waals surface area contributed by atoms with Crippen molar-refractivity contribution in [3.8, 4) is 23.0 Å². The lowest BCUT2D eigenvalue weighted by atomic mass is 10.1. The monoisotopic (exact) mass is 454 g/mol. The Balaban J connectivity index is 2.23. The average Bonchev–Trinajstić information content (AvgIpc) is 2.83. The number of hydrogen-bond acceptors (Lipinski definition) is 5. The summed E-state index contributed by atoms with van der Waals surface area (Å²) in [5.41, 5.74) is 1.35. The summed E-state index contributed by atoms with van der Waals surface area (Å²) in [6, 6.07) is 11.0. The lowest BCUT2D eigenvalue weighted by molar-refractivity contribution is 0.104. The molecule has 0 aliphatic carbocycles. The molecule has 0 atom stereocenters. The van der Waals surface area contributed by atoms with Crippen molar-refractivity contribution in [2.75, 3.05) is 26.9 Å². The number of ketones is 1. The molecule has 180 valence electrons. The summed E-state index contributed by atoms with van der Waals surface area (Å²) >= 11 is 0. The number of hydrogen-bond donors (Lipinski definition) is 0. The Kier molecular flexibility index (Phi) is 11.9. The molecule has 0 heterocycles. The van der Waals surface area contributed by atoms with Crippen molar-refractivity contribution in [1.29, 1.82) is 0 Å². The highest BCUT2D eigenvalue weighted by molar-refractivity contribution is 6.08. The standard InChI is InChI=1S/C28H38O5/c1-5-8-17-31-24-14-15-25(28(21-24)33-19-10-7-3)26(29)16-12-22-11-13-23(30-4)20-27(22)32-18-9-6-2/h11-16,20-21H,5-10,17-19H2,1-4H3/b16-12+. The van der Waals surface area contributed by atoms with Crippen LogP contribution in [0.4, 0.5) is 0 Å². The smallest absolute Gasteiger partial charge is 0.189 e. The minimum absolute atomic E-state index is 0.128. The van der Waals surface area contributed by atoms with Gasteiger partial charge in [-0.3, -0.25) is 4.79 Å². The normalized spacial score (nSPS) is 10.9. The van der Waals surface area contributed by atoms with E-state index in [-0.39, 0.29) is 5.78 Å². The number of methoxy groups -OCH3 is 1. The van der Waals surface area contributed by atoms with E-state index in [9.17, 15) is 4.79 Å². The van der Waals surface area contributed by atoms with Gasteiger partial charge in [-0.1, -0.05) is 40.0 Å². The maximum Gasteiger partial charge on any atom is 0.189 e. The maximum atomic E-state index is 13.1. The van der Waals surface area contributed by atoms with Crippen LogP contribution in [0, 0.1) is 0 Å². The Morgan fingerprint density at radius 2 is 1.33 bits per heavy atom. The number of carbonyl (C=O) groups is 1. The highest BCUT2D eigenvalue weighted by Gasteiger charge is 2.13. The van der Waals surface area contributed by atoms with Gasteiger partial charge in [-0.05, 0) is 55.7 Å². The molecule has 5 nitrogen and oxygen atoms in total. The first-order valence-corrected chi connectivity index (χ1v) is 12.1. The van der Waals surface area contributed by atoms with E-state index in [2.05, 4.69) is 20.8 Å². The van der Waals surface area contributed by atoms with Crippen LogP contribution in [0.3, 0.4) is 0 Å². The summed E-state index contributed by atoms with van der Waals surface area (Å²) in [4.78, 5) is 13.1. The van der Waals surface area contributed by atoms with Crippen LogP contribution in [0.5, 0.6) is 23.0 Å². The van der Waals surface area contributed by atoms with Gasteiger partial charge in [-0.25, -0.2) is 0 Å². The number of unbranched alkanes of at least 4 members (excludes halogenated alkanes) is 3. The summed E-state index contributed by atoms with van der Waals surface area (Å²) in [6.45, 7) is 8.18. The molecule has 0 aromatic heterocycles. The van der Waals surface area contributed by atoms with Gasteiger partial charge in [0.2, 0.25) is 0 Å². The van der Waals surface area contributed by atoms with Crippen LogP contribution < -0.4 is 18.9 Å². The lowest BCUT2D eigenvalue weighted by Gasteiger charge is -2.13. The highest BCUT2D eigenvalue weighted by atomic mass is 16.5. The minimum Gasteiger partial charge on any atom is -0.497 e. The second kappa shape index (κ2) is 15.0. The van der Waals surface area contributed by atoms with E-state index in [0.29, 0.717) is 36.9 Å². The fourth-order valence-corrected chi connectivity index (χ4v) is 3.06. The van der Waals surface area contributed by atoms with Crippen molar-refractivity contribution < 1.29 is 23.7 Å². The van der Waals surface area contributed by atoms with Crippen molar-refractivity contribution in [1.82, 2.24) is 0 Å². The van der Waals surface area contributed by atoms with Crippen LogP contribution in [-0.4, -0.2) is 32.7 Å². The molecule has 2 aromatic carbocycles. The van der Waals surface area contributed by atoms with Crippen LogP contribution in [0.25, 0.3) is 6.08 Å². The predicted molar refractivity (Wildman–Crippen MR) is 134 cm³/mol. The number of rotatable bonds is 16. The van der Waals surface area contributed by atoms with E-state index >= 15 is 0 Å². The molecule has 0 N–H and O–H groups in total. The molecule has 2 aromatic rings. The first-order chi connectivity index (χ1) is 16.1. The van der Waals surface area contributed by atoms with Crippen LogP contribution in [0.15, 0.2) is 42.5 Å². The number of carbonyl (C=O) groups excluding carboxylic acids is 1. The lowest BCUT2D eigenvalue weighted by Crippen LogP contribution is -2.05. The summed E-state index contributed by atoms with van der Waals surface area (Å²) in [7, 11) is 1.62. The highest BCUT2D eigenvalue weighted by Crippen LogP contribution is 2.29. The fourth-order valence-electron chi connectivity index (χ4n) is 3.06. The van der Waals surface area contributed by atoms with Gasteiger partial charge in [-0.2, -0.15) is 0 Å². The van der Waals surface area contributed by atoms with Crippen molar-refractivity contribution in [2.24, 2.45) is 0 Å². The molecular weight excluding hydrogens is 416 g/mol. The molecule has 0 aliphatic rings. The van der Waals surface area contributed by atoms with Gasteiger partial charge in [0.15, 0.2) is 5.78 Å². The van der Waals surface area contributed by atoms with Crippen molar-refractivity contribution in [2.45, 2.75) is 59.3 Å². The number of ether oxygens (including phenoxy) is 4. The Hall–Kier alpha value is -2.95. The summed E-state index contributed by atoms with van der Waals surface area (Å²) in [6.07, 6.45) is 9.36. The molecule has 0 saturated heterocycles. The third-order valence-electron chi connectivity index (χ3n) is 5.13. The van der Waals surface area contributed by atoms with E-state index in [1.165, 1.54) is 0 Å². The van der Waals surface area contributed by atoms with E-state index in [1.807, 2.05) is 30.3 Å². The van der Waals surface area contributed by atoms with Gasteiger partial charge in [0.25, 0.3) is 0 Å². The number of benzene rings is 2. The zero-order chi connectivity index (χ0) is 23.9. The van der Waals surface area contributed by atoms with Crippen LogP contribution in [0.2, 0.25) is 0 Å². The molecular formula is C28H38O5. The second-order valence-electron chi connectivity index (χ2n) is 7.87. The van der Waals surface area contributed by atoms with Gasteiger partial charge in [0.05, 0.1) is 32.5 Å². The Morgan fingerprint density at radius 3 is 1.97 bits per heavy atom. The molecule has 0 radical (unpaired) electrons. The summed E-state index contributed by atoms with van der Waals surface area (Å²) < 4.78 is 23.0. The van der Waals surface area contributed by atoms with E-state index in [4.69, 9.17) is 18.9 Å². The maximum absolute atomic E-state index is 13.1. The molecule has 0 aliphatic heterocycles. The topological polar surface area (TPSA) is 54.0 Å². The van der Waals surface area contributed by atoms with Crippen LogP contribution in [0.1, 0.15) is 75.2 Å². The van der Waals surface area contributed by atoms with E-state index < -0.39 is 0 Å². The van der Waals surface area contributed by atoms with Crippen molar-refractivity contribution in [3.05, 3.63) is 53.6 Å². The molecule has 2 rings (SSSR count). The summed E-state index contributed by atoms with van der Waals surface area (Å²) in [5.74, 6) is 2.57. The molecule has 0 fully saturated rings. The van der Waals surface area contributed by atoms with Crippen LogP contribution >= 0.6 is 0 Å². The predicted octanol–water partition coefficient (Wildman–Crippen LogP) is 7.13. The molecule has 0 bridgehead atoms. The van der Waals surface area contributed by atoms with Gasteiger partial charge < -0.3 is 18.9 Å². The largest absolute Gasteiger partial charge is 0.497 e. The van der Waals surface area contributed by atoms with Gasteiger partial charge in [0.1, 0.15) is 23.0 Å². The van der Waals surface area contributed by atoms with Gasteiger partial charge in [0, 0.05) is 17.7 Å². The van der Waals surface area contributed by atoms with E-state index in [0.717, 1.165) is 55.6 Å². The zero-order valence-electron chi connectivity index (χ0n) is 20.5. The molecule has 33 heavy (non-hydrogen) atoms. The molecule has 0 unspecified atom stereocenters. The second-order valence-corrected chi connectivity index (χ2v) is 7.87. The quantitative estimate of drug-likeness (QED) is 0.153. The molecule has 0 saturated carbocycles. The molecule has 0 amide bonds. The third kappa shape index (κ3) is 8.83. The Morgan fingerprint density at radius 1 is 0.758 bits per heavy atom. The van der Waals surface area contributed by atoms with E-state index in [1.54, 1.807) is 25.3 Å². The van der Waals surface area contributed by atoms with Gasteiger partial charge in [-0.15, -0.1) is 0 Å². The third-order valence-corrected chi connectivity index (χ3v) is 5.13. The van der Waals surface area contributed by atoms with Crippen LogP contribution in [-0.2, 0) is 0 Å². The molecule has 5 heteroatoms. The molecule has 0 spiro atoms. The zero-order valence-corrected chi connectivity index (χ0v) is 20.5. The SMILES string of the molecule is CCCCOc1ccc(C(=O)/C=C/c2ccc(OC)cc2OCCCC)c(OCCCC)c1. The first kappa shape index (κ1) is 26.3. The Bertz CT molecular complexity index is 888. The Labute approximate surface area is 198 Å². The van der Waals surface area contributed by atoms with Crippen molar-refractivity contribution >= 4 is 11.9 Å². The van der Waals surface area contributed by atoms with Crippen molar-refractivity contribution in [3.63, 3.8) is 0 Å². The number of allylic oxidation sites excluding steroid dienone is 1. The first-order valence-electron chi connectivity index (χ1n) is 12.1. The minimum atomic E-state index is -0.128. The summed E-state index contributed by atoms with van der Waals surface area (Å²) in [5, 5.41) is 0. The fraction of sp³-hybridized carbons (Fsp3) is 0.464. The average molecular weight is 455 g/mol. The van der Waals surface area contributed by atoms with Gasteiger partial charge >= 0.3 is 0 Å².